The fourth-order valence-corrected chi connectivity index (χ4v) is 6.92. The minimum Gasteiger partial charge on any atom is -0.333 e. The molecule has 4 saturated carbocycles. The Hall–Kier alpha value is -1.63. The lowest BCUT2D eigenvalue weighted by atomic mass is 9.53. The Labute approximate surface area is 173 Å². The summed E-state index contributed by atoms with van der Waals surface area (Å²) in [6.07, 6.45) is 12.0. The molecule has 2 heterocycles. The van der Waals surface area contributed by atoms with E-state index in [9.17, 15) is 4.79 Å². The Morgan fingerprint density at radius 3 is 2.48 bits per heavy atom. The van der Waals surface area contributed by atoms with E-state index in [2.05, 4.69) is 20.5 Å². The van der Waals surface area contributed by atoms with Crippen LogP contribution >= 0.6 is 0 Å². The maximum absolute atomic E-state index is 13.2. The molecule has 7 heteroatoms. The van der Waals surface area contributed by atoms with Crippen LogP contribution in [0.5, 0.6) is 0 Å². The smallest absolute Gasteiger partial charge is 0.317 e. The zero-order valence-corrected chi connectivity index (χ0v) is 17.9. The average molecular weight is 401 g/mol. The van der Waals surface area contributed by atoms with Crippen LogP contribution in [0.3, 0.4) is 0 Å². The van der Waals surface area contributed by atoms with Crippen LogP contribution in [-0.2, 0) is 12.1 Å². The van der Waals surface area contributed by atoms with Crippen LogP contribution in [-0.4, -0.2) is 44.6 Å². The molecule has 160 valence electrons. The molecular formula is C22H36N6O. The van der Waals surface area contributed by atoms with E-state index >= 15 is 0 Å². The molecule has 4 bridgehead atoms. The van der Waals surface area contributed by atoms with Crippen molar-refractivity contribution in [2.45, 2.75) is 82.8 Å². The van der Waals surface area contributed by atoms with Crippen LogP contribution in [0.15, 0.2) is 6.20 Å². The number of urea groups is 1. The van der Waals surface area contributed by atoms with Gasteiger partial charge in [0.1, 0.15) is 5.69 Å². The summed E-state index contributed by atoms with van der Waals surface area (Å²) in [6, 6.07) is 0.166. The second-order valence-corrected chi connectivity index (χ2v) is 11.1. The number of aromatic nitrogens is 3. The number of carbonyl (C=O) groups is 1. The molecule has 0 radical (unpaired) electrons. The summed E-state index contributed by atoms with van der Waals surface area (Å²) in [4.78, 5) is 15.2. The van der Waals surface area contributed by atoms with Gasteiger partial charge in [-0.2, -0.15) is 0 Å². The molecule has 4 aliphatic carbocycles. The van der Waals surface area contributed by atoms with Crippen LogP contribution < -0.4 is 11.1 Å². The van der Waals surface area contributed by atoms with Gasteiger partial charge >= 0.3 is 6.03 Å². The number of nitrogens with one attached hydrogen (secondary N) is 1. The van der Waals surface area contributed by atoms with Gasteiger partial charge < -0.3 is 16.0 Å². The van der Waals surface area contributed by atoms with E-state index < -0.39 is 5.54 Å². The molecule has 29 heavy (non-hydrogen) atoms. The van der Waals surface area contributed by atoms with Gasteiger partial charge in [0.15, 0.2) is 0 Å². The van der Waals surface area contributed by atoms with Crippen LogP contribution in [0, 0.1) is 23.7 Å². The molecule has 1 aromatic heterocycles. The summed E-state index contributed by atoms with van der Waals surface area (Å²) in [6.45, 7) is 6.35. The maximum atomic E-state index is 13.2. The quantitative estimate of drug-likeness (QED) is 0.813. The number of hydrogen-bond donors (Lipinski definition) is 2. The van der Waals surface area contributed by atoms with E-state index in [0.717, 1.165) is 55.9 Å². The predicted molar refractivity (Wildman–Crippen MR) is 111 cm³/mol. The third-order valence-corrected chi connectivity index (χ3v) is 7.86. The van der Waals surface area contributed by atoms with E-state index in [-0.39, 0.29) is 11.6 Å². The number of nitrogens with zero attached hydrogens (tertiary/aromatic N) is 4. The van der Waals surface area contributed by atoms with Gasteiger partial charge in [-0.05, 0) is 88.9 Å². The summed E-state index contributed by atoms with van der Waals surface area (Å²) in [7, 11) is 0. The minimum absolute atomic E-state index is 0.0896. The molecular weight excluding hydrogens is 364 g/mol. The molecule has 0 aromatic carbocycles. The monoisotopic (exact) mass is 400 g/mol. The second-order valence-electron chi connectivity index (χ2n) is 11.1. The fraction of sp³-hybridized carbons (Fsp3) is 0.864. The first-order valence-electron chi connectivity index (χ1n) is 11.5. The number of hydrogen-bond acceptors (Lipinski definition) is 4. The number of rotatable bonds is 4. The van der Waals surface area contributed by atoms with E-state index in [1.165, 1.54) is 38.5 Å². The molecule has 2 amide bonds. The molecule has 6 rings (SSSR count). The van der Waals surface area contributed by atoms with Crippen molar-refractivity contribution in [1.29, 1.82) is 0 Å². The Bertz CT molecular complexity index is 730. The van der Waals surface area contributed by atoms with Crippen molar-refractivity contribution >= 4 is 6.03 Å². The first-order valence-corrected chi connectivity index (χ1v) is 11.5. The number of piperidine rings is 1. The zero-order chi connectivity index (χ0) is 20.2. The highest BCUT2D eigenvalue weighted by Crippen LogP contribution is 2.55. The second kappa shape index (κ2) is 6.96. The van der Waals surface area contributed by atoms with Gasteiger partial charge in [-0.25, -0.2) is 4.79 Å². The lowest BCUT2D eigenvalue weighted by molar-refractivity contribution is -0.0164. The van der Waals surface area contributed by atoms with Crippen LogP contribution in [0.1, 0.15) is 70.9 Å². The number of likely N-dealkylation sites (tertiary alicyclic amines) is 1. The van der Waals surface area contributed by atoms with Gasteiger partial charge in [0.2, 0.25) is 0 Å². The van der Waals surface area contributed by atoms with Gasteiger partial charge in [-0.15, -0.1) is 5.10 Å². The SMILES string of the molecule is CC(C)(N)c1cn(C[C@@H]2CCCN(C(=O)NC34CC5CC(CC(C5)C3)C4)C2)nn1. The molecule has 1 atom stereocenters. The van der Waals surface area contributed by atoms with Crippen molar-refractivity contribution in [2.75, 3.05) is 13.1 Å². The normalized spacial score (nSPS) is 36.4. The molecule has 1 saturated heterocycles. The Morgan fingerprint density at radius 1 is 1.24 bits per heavy atom. The highest BCUT2D eigenvalue weighted by Gasteiger charge is 2.51. The third kappa shape index (κ3) is 3.90. The minimum atomic E-state index is -0.478. The molecule has 3 N–H and O–H groups in total. The van der Waals surface area contributed by atoms with Crippen molar-refractivity contribution < 1.29 is 4.79 Å². The Balaban J connectivity index is 1.20. The Morgan fingerprint density at radius 2 is 1.90 bits per heavy atom. The first kappa shape index (κ1) is 19.3. The van der Waals surface area contributed by atoms with Gasteiger partial charge in [0.05, 0.1) is 11.7 Å². The Kier molecular flexibility index (Phi) is 4.64. The predicted octanol–water partition coefficient (Wildman–Crippen LogP) is 2.86. The molecule has 5 fully saturated rings. The summed E-state index contributed by atoms with van der Waals surface area (Å²) in [5.74, 6) is 2.97. The molecule has 0 unspecified atom stereocenters. The highest BCUT2D eigenvalue weighted by molar-refractivity contribution is 5.75. The van der Waals surface area contributed by atoms with Gasteiger partial charge in [-0.1, -0.05) is 5.21 Å². The molecule has 1 aliphatic heterocycles. The van der Waals surface area contributed by atoms with Crippen LogP contribution in [0.25, 0.3) is 0 Å². The molecule has 7 nitrogen and oxygen atoms in total. The van der Waals surface area contributed by atoms with Crippen molar-refractivity contribution in [3.63, 3.8) is 0 Å². The maximum Gasteiger partial charge on any atom is 0.317 e. The summed E-state index contributed by atoms with van der Waals surface area (Å²) >= 11 is 0. The van der Waals surface area contributed by atoms with Gasteiger partial charge in [0.25, 0.3) is 0 Å². The highest BCUT2D eigenvalue weighted by atomic mass is 16.2. The van der Waals surface area contributed by atoms with Gasteiger partial charge in [0, 0.05) is 25.2 Å². The third-order valence-electron chi connectivity index (χ3n) is 7.86. The standard InChI is InChI=1S/C22H36N6O/c1-21(2,23)19-14-28(26-25-19)13-15-4-3-5-27(12-15)20(29)24-22-9-16-6-17(10-22)8-18(7-16)11-22/h14-18H,3-13,23H2,1-2H3,(H,24,29)/t15-,16?,17?,18?,22?/m1/s1. The summed E-state index contributed by atoms with van der Waals surface area (Å²) in [5.41, 5.74) is 6.55. The average Bonchev–Trinajstić information content (AvgIpc) is 3.09. The molecule has 0 spiro atoms. The van der Waals surface area contributed by atoms with Crippen molar-refractivity contribution in [2.24, 2.45) is 29.4 Å². The number of nitrogens with two attached hydrogens (primary N) is 1. The molecule has 5 aliphatic rings. The van der Waals surface area contributed by atoms with Crippen LogP contribution in [0.4, 0.5) is 4.79 Å². The van der Waals surface area contributed by atoms with Crippen molar-refractivity contribution in [1.82, 2.24) is 25.2 Å². The van der Waals surface area contributed by atoms with E-state index in [1.807, 2.05) is 24.7 Å². The van der Waals surface area contributed by atoms with Crippen LogP contribution in [0.2, 0.25) is 0 Å². The fourth-order valence-electron chi connectivity index (χ4n) is 6.92. The van der Waals surface area contributed by atoms with E-state index in [0.29, 0.717) is 5.92 Å². The number of carbonyl (C=O) groups excluding carboxylic acids is 1. The van der Waals surface area contributed by atoms with Gasteiger partial charge in [-0.3, -0.25) is 4.68 Å². The lowest BCUT2D eigenvalue weighted by Gasteiger charge is -2.57. The zero-order valence-electron chi connectivity index (χ0n) is 17.9. The summed E-state index contributed by atoms with van der Waals surface area (Å²) in [5, 5.41) is 12.0. The first-order chi connectivity index (χ1) is 13.8. The topological polar surface area (TPSA) is 89.1 Å². The van der Waals surface area contributed by atoms with Crippen molar-refractivity contribution in [3.8, 4) is 0 Å². The van der Waals surface area contributed by atoms with E-state index in [1.54, 1.807) is 0 Å². The number of amides is 2. The largest absolute Gasteiger partial charge is 0.333 e. The lowest BCUT2D eigenvalue weighted by Crippen LogP contribution is -2.62. The van der Waals surface area contributed by atoms with E-state index in [4.69, 9.17) is 5.73 Å². The van der Waals surface area contributed by atoms with Crippen molar-refractivity contribution in [3.05, 3.63) is 11.9 Å². The summed E-state index contributed by atoms with van der Waals surface area (Å²) < 4.78 is 1.90. The molecule has 1 aromatic rings.